The number of nitrogens with one attached hydrogen (secondary N) is 2. The molecular formula is C21H23N3O3. The fourth-order valence-electron chi connectivity index (χ4n) is 2.96. The smallest absolute Gasteiger partial charge is 0.329 e. The molecule has 6 heteroatoms. The number of hydrogen-bond acceptors (Lipinski definition) is 4. The lowest BCUT2D eigenvalue weighted by molar-refractivity contribution is -0.139. The highest BCUT2D eigenvalue weighted by atomic mass is 16.5. The third-order valence-corrected chi connectivity index (χ3v) is 4.38. The monoisotopic (exact) mass is 365 g/mol. The van der Waals surface area contributed by atoms with Crippen LogP contribution in [-0.4, -0.2) is 24.1 Å². The molecule has 140 valence electrons. The minimum Gasteiger partial charge on any atom is -0.489 e. The van der Waals surface area contributed by atoms with Crippen LogP contribution in [0.2, 0.25) is 0 Å². The van der Waals surface area contributed by atoms with E-state index >= 15 is 0 Å². The van der Waals surface area contributed by atoms with Gasteiger partial charge >= 0.3 is 11.8 Å². The van der Waals surface area contributed by atoms with Crippen molar-refractivity contribution < 1.29 is 14.3 Å². The molecular weight excluding hydrogens is 342 g/mol. The van der Waals surface area contributed by atoms with E-state index < -0.39 is 11.8 Å². The Hall–Kier alpha value is -3.15. The minimum absolute atomic E-state index is 0.102. The van der Waals surface area contributed by atoms with Crippen molar-refractivity contribution in [2.45, 2.75) is 38.3 Å². The maximum absolute atomic E-state index is 11.8. The number of nitrogens with zero attached hydrogens (tertiary/aromatic N) is 1. The van der Waals surface area contributed by atoms with Gasteiger partial charge in [0.1, 0.15) is 12.4 Å². The van der Waals surface area contributed by atoms with Crippen molar-refractivity contribution in [1.29, 1.82) is 0 Å². The summed E-state index contributed by atoms with van der Waals surface area (Å²) in [6, 6.07) is 17.3. The molecule has 2 amide bonds. The molecule has 27 heavy (non-hydrogen) atoms. The topological polar surface area (TPSA) is 79.8 Å². The van der Waals surface area contributed by atoms with E-state index in [1.165, 1.54) is 6.21 Å². The lowest BCUT2D eigenvalue weighted by Gasteiger charge is -2.10. The van der Waals surface area contributed by atoms with Gasteiger partial charge in [0.2, 0.25) is 0 Å². The van der Waals surface area contributed by atoms with Crippen LogP contribution in [-0.2, 0) is 16.2 Å². The van der Waals surface area contributed by atoms with E-state index in [-0.39, 0.29) is 6.04 Å². The number of rotatable bonds is 6. The summed E-state index contributed by atoms with van der Waals surface area (Å²) in [6.45, 7) is 0.472. The van der Waals surface area contributed by atoms with E-state index in [0.29, 0.717) is 12.4 Å². The predicted octanol–water partition coefficient (Wildman–Crippen LogP) is 2.77. The van der Waals surface area contributed by atoms with Gasteiger partial charge < -0.3 is 10.1 Å². The van der Waals surface area contributed by atoms with Crippen molar-refractivity contribution in [3.8, 4) is 5.75 Å². The molecule has 0 bridgehead atoms. The predicted molar refractivity (Wildman–Crippen MR) is 103 cm³/mol. The molecule has 2 N–H and O–H groups in total. The quantitative estimate of drug-likeness (QED) is 0.469. The molecule has 0 radical (unpaired) electrons. The van der Waals surface area contributed by atoms with Gasteiger partial charge in [-0.3, -0.25) is 9.59 Å². The van der Waals surface area contributed by atoms with Crippen molar-refractivity contribution >= 4 is 18.0 Å². The molecule has 2 aromatic rings. The first-order valence-corrected chi connectivity index (χ1v) is 9.11. The van der Waals surface area contributed by atoms with Crippen molar-refractivity contribution in [1.82, 2.24) is 10.7 Å². The Morgan fingerprint density at radius 1 is 1.04 bits per heavy atom. The number of benzene rings is 2. The van der Waals surface area contributed by atoms with Gasteiger partial charge in [0, 0.05) is 6.04 Å². The summed E-state index contributed by atoms with van der Waals surface area (Å²) in [6.07, 6.45) is 5.52. The van der Waals surface area contributed by atoms with Crippen molar-refractivity contribution in [2.75, 3.05) is 0 Å². The summed E-state index contributed by atoms with van der Waals surface area (Å²) in [5, 5.41) is 6.58. The molecule has 0 aromatic heterocycles. The van der Waals surface area contributed by atoms with E-state index in [1.54, 1.807) is 0 Å². The van der Waals surface area contributed by atoms with Crippen molar-refractivity contribution in [3.05, 3.63) is 65.7 Å². The molecule has 0 saturated heterocycles. The number of hydrogen-bond donors (Lipinski definition) is 2. The Balaban J connectivity index is 1.48. The second kappa shape index (κ2) is 9.52. The largest absolute Gasteiger partial charge is 0.489 e. The van der Waals surface area contributed by atoms with Crippen LogP contribution in [0.5, 0.6) is 5.75 Å². The lowest BCUT2D eigenvalue weighted by Crippen LogP contribution is -2.42. The third kappa shape index (κ3) is 5.95. The summed E-state index contributed by atoms with van der Waals surface area (Å²) in [5.74, 6) is -0.693. The number of carbonyl (C=O) groups is 2. The zero-order valence-electron chi connectivity index (χ0n) is 15.1. The van der Waals surface area contributed by atoms with Crippen LogP contribution in [0.1, 0.15) is 36.8 Å². The van der Waals surface area contributed by atoms with Gasteiger partial charge in [0.15, 0.2) is 0 Å². The molecule has 0 heterocycles. The molecule has 0 atom stereocenters. The first-order chi connectivity index (χ1) is 13.2. The lowest BCUT2D eigenvalue weighted by atomic mass is 10.2. The van der Waals surface area contributed by atoms with Crippen LogP contribution in [0.15, 0.2) is 59.7 Å². The Labute approximate surface area is 158 Å². The molecule has 1 aliphatic carbocycles. The number of amides is 2. The number of carbonyl (C=O) groups excluding carboxylic acids is 2. The summed E-state index contributed by atoms with van der Waals surface area (Å²) in [5.41, 5.74) is 4.10. The first kappa shape index (κ1) is 18.6. The maximum atomic E-state index is 11.8. The van der Waals surface area contributed by atoms with Crippen molar-refractivity contribution in [3.63, 3.8) is 0 Å². The van der Waals surface area contributed by atoms with Crippen LogP contribution in [0, 0.1) is 0 Å². The van der Waals surface area contributed by atoms with E-state index in [1.807, 2.05) is 54.6 Å². The SMILES string of the molecule is O=C(NN=Cc1cccc(OCc2ccccc2)c1)C(=O)NC1CCCC1. The highest BCUT2D eigenvalue weighted by Crippen LogP contribution is 2.17. The summed E-state index contributed by atoms with van der Waals surface area (Å²) >= 11 is 0. The van der Waals surface area contributed by atoms with Gasteiger partial charge in [-0.25, -0.2) is 5.43 Å². The average Bonchev–Trinajstić information content (AvgIpc) is 3.20. The normalized spacial score (nSPS) is 14.2. The van der Waals surface area contributed by atoms with Crippen LogP contribution in [0.4, 0.5) is 0 Å². The molecule has 1 saturated carbocycles. The highest BCUT2D eigenvalue weighted by molar-refractivity contribution is 6.35. The fourth-order valence-corrected chi connectivity index (χ4v) is 2.96. The van der Waals surface area contributed by atoms with Gasteiger partial charge in [-0.2, -0.15) is 5.10 Å². The maximum Gasteiger partial charge on any atom is 0.329 e. The zero-order chi connectivity index (χ0) is 18.9. The summed E-state index contributed by atoms with van der Waals surface area (Å²) in [4.78, 5) is 23.6. The van der Waals surface area contributed by atoms with E-state index in [4.69, 9.17) is 4.74 Å². The molecule has 6 nitrogen and oxygen atoms in total. The van der Waals surface area contributed by atoms with Crippen LogP contribution in [0.25, 0.3) is 0 Å². The molecule has 0 aliphatic heterocycles. The Bertz CT molecular complexity index is 799. The van der Waals surface area contributed by atoms with Gasteiger partial charge in [-0.05, 0) is 36.1 Å². The third-order valence-electron chi connectivity index (χ3n) is 4.38. The number of hydrazone groups is 1. The standard InChI is InChI=1S/C21H23N3O3/c25-20(23-18-10-4-5-11-18)21(26)24-22-14-17-9-6-12-19(13-17)27-15-16-7-2-1-3-8-16/h1-3,6-9,12-14,18H,4-5,10-11,15H2,(H,23,25)(H,24,26). The van der Waals surface area contributed by atoms with Gasteiger partial charge in [0.05, 0.1) is 6.21 Å². The summed E-state index contributed by atoms with van der Waals surface area (Å²) < 4.78 is 5.76. The van der Waals surface area contributed by atoms with Crippen LogP contribution in [0.3, 0.4) is 0 Å². The molecule has 3 rings (SSSR count). The van der Waals surface area contributed by atoms with Gasteiger partial charge in [-0.1, -0.05) is 55.3 Å². The van der Waals surface area contributed by atoms with Crippen LogP contribution >= 0.6 is 0 Å². The molecule has 0 unspecified atom stereocenters. The number of ether oxygens (including phenoxy) is 1. The summed E-state index contributed by atoms with van der Waals surface area (Å²) in [7, 11) is 0. The second-order valence-electron chi connectivity index (χ2n) is 6.50. The Morgan fingerprint density at radius 3 is 2.59 bits per heavy atom. The minimum atomic E-state index is -0.755. The Kier molecular flexibility index (Phi) is 6.57. The average molecular weight is 365 g/mol. The van der Waals surface area contributed by atoms with Crippen molar-refractivity contribution in [2.24, 2.45) is 5.10 Å². The first-order valence-electron chi connectivity index (χ1n) is 9.11. The molecule has 1 aliphatic rings. The molecule has 2 aromatic carbocycles. The molecule has 0 spiro atoms. The van der Waals surface area contributed by atoms with E-state index in [2.05, 4.69) is 15.8 Å². The van der Waals surface area contributed by atoms with E-state index in [9.17, 15) is 9.59 Å². The second-order valence-corrected chi connectivity index (χ2v) is 6.50. The van der Waals surface area contributed by atoms with Crippen LogP contribution < -0.4 is 15.5 Å². The molecule has 1 fully saturated rings. The highest BCUT2D eigenvalue weighted by Gasteiger charge is 2.20. The van der Waals surface area contributed by atoms with Gasteiger partial charge in [-0.15, -0.1) is 0 Å². The Morgan fingerprint density at radius 2 is 1.81 bits per heavy atom. The fraction of sp³-hybridized carbons (Fsp3) is 0.286. The zero-order valence-corrected chi connectivity index (χ0v) is 15.1. The van der Waals surface area contributed by atoms with E-state index in [0.717, 1.165) is 36.8 Å². The van der Waals surface area contributed by atoms with Gasteiger partial charge in [0.25, 0.3) is 0 Å².